The Balaban J connectivity index is 1.78. The van der Waals surface area contributed by atoms with Crippen molar-refractivity contribution >= 4 is 22.6 Å². The molecule has 0 aliphatic rings. The van der Waals surface area contributed by atoms with E-state index in [1.165, 1.54) is 25.3 Å². The zero-order valence-electron chi connectivity index (χ0n) is 14.8. The molecule has 2 heterocycles. The highest BCUT2D eigenvalue weighted by atomic mass is 19.1. The van der Waals surface area contributed by atoms with Crippen LogP contribution in [0.25, 0.3) is 11.0 Å². The van der Waals surface area contributed by atoms with Gasteiger partial charge in [-0.25, -0.2) is 14.4 Å². The molecule has 0 bridgehead atoms. The first kappa shape index (κ1) is 17.5. The lowest BCUT2D eigenvalue weighted by Gasteiger charge is -2.13. The van der Waals surface area contributed by atoms with E-state index in [2.05, 4.69) is 20.3 Å². The predicted octanol–water partition coefficient (Wildman–Crippen LogP) is 4.15. The second-order valence-electron chi connectivity index (χ2n) is 5.82. The summed E-state index contributed by atoms with van der Waals surface area (Å²) in [5, 5.41) is 2.72. The second-order valence-corrected chi connectivity index (χ2v) is 5.82. The van der Waals surface area contributed by atoms with Crippen LogP contribution in [-0.2, 0) is 0 Å². The molecule has 140 valence electrons. The van der Waals surface area contributed by atoms with Crippen LogP contribution in [0.4, 0.5) is 10.1 Å². The van der Waals surface area contributed by atoms with Crippen LogP contribution in [0.5, 0.6) is 17.4 Å². The summed E-state index contributed by atoms with van der Waals surface area (Å²) < 4.78 is 24.4. The van der Waals surface area contributed by atoms with Crippen LogP contribution in [-0.4, -0.2) is 28.0 Å². The fourth-order valence-electron chi connectivity index (χ4n) is 2.62. The van der Waals surface area contributed by atoms with E-state index in [0.29, 0.717) is 16.7 Å². The average molecular weight is 378 g/mol. The zero-order valence-corrected chi connectivity index (χ0v) is 14.8. The maximum atomic E-state index is 13.5. The molecule has 0 saturated heterocycles. The van der Waals surface area contributed by atoms with Gasteiger partial charge in [0, 0.05) is 18.5 Å². The highest BCUT2D eigenvalue weighted by Crippen LogP contribution is 2.33. The van der Waals surface area contributed by atoms with Crippen LogP contribution < -0.4 is 14.8 Å². The highest BCUT2D eigenvalue weighted by Gasteiger charge is 2.20. The number of nitrogens with one attached hydrogen (secondary N) is 2. The molecule has 0 aliphatic carbocycles. The van der Waals surface area contributed by atoms with Gasteiger partial charge in [-0.3, -0.25) is 4.79 Å². The quantitative estimate of drug-likeness (QED) is 0.545. The summed E-state index contributed by atoms with van der Waals surface area (Å²) in [6, 6.07) is 12.6. The summed E-state index contributed by atoms with van der Waals surface area (Å²) in [7, 11) is 1.40. The lowest BCUT2D eigenvalue weighted by molar-refractivity contribution is 0.101. The number of methoxy groups -OCH3 is 1. The predicted molar refractivity (Wildman–Crippen MR) is 101 cm³/mol. The number of anilines is 1. The molecular weight excluding hydrogens is 363 g/mol. The molecule has 0 radical (unpaired) electrons. The lowest BCUT2D eigenvalue weighted by Crippen LogP contribution is -2.15. The van der Waals surface area contributed by atoms with E-state index >= 15 is 0 Å². The summed E-state index contributed by atoms with van der Waals surface area (Å²) >= 11 is 0. The Bertz CT molecular complexity index is 1150. The number of rotatable bonds is 5. The van der Waals surface area contributed by atoms with Crippen molar-refractivity contribution in [1.29, 1.82) is 0 Å². The number of fused-ring (bicyclic) bond motifs is 1. The van der Waals surface area contributed by atoms with Gasteiger partial charge in [0.05, 0.1) is 23.8 Å². The molecule has 28 heavy (non-hydrogen) atoms. The third-order valence-electron chi connectivity index (χ3n) is 3.94. The number of aromatic amines is 1. The number of hydrogen-bond acceptors (Lipinski definition) is 5. The molecule has 2 aromatic heterocycles. The van der Waals surface area contributed by atoms with Crippen molar-refractivity contribution in [2.45, 2.75) is 0 Å². The van der Waals surface area contributed by atoms with Crippen LogP contribution in [0.2, 0.25) is 0 Å². The number of benzene rings is 2. The number of carbonyl (C=O) groups excluding carboxylic acids is 1. The topological polar surface area (TPSA) is 89.1 Å². The first-order valence-electron chi connectivity index (χ1n) is 8.36. The molecule has 0 atom stereocenters. The van der Waals surface area contributed by atoms with Gasteiger partial charge in [-0.2, -0.15) is 0 Å². The first-order valence-corrected chi connectivity index (χ1v) is 8.36. The first-order chi connectivity index (χ1) is 13.6. The minimum Gasteiger partial charge on any atom is -0.493 e. The standard InChI is InChI=1S/C20H15FN4O3/c1-27-17-10-12(21)6-7-16(17)28-20-18(19(26)23-13-8-9-22-11-13)24-14-4-2-3-5-15(14)25-20/h2-11,22H,1H3,(H,23,26). The van der Waals surface area contributed by atoms with Gasteiger partial charge >= 0.3 is 0 Å². The molecule has 0 fully saturated rings. The molecule has 7 nitrogen and oxygen atoms in total. The minimum absolute atomic E-state index is 0.00808. The number of carbonyl (C=O) groups is 1. The van der Waals surface area contributed by atoms with Gasteiger partial charge in [-0.15, -0.1) is 0 Å². The number of amides is 1. The smallest absolute Gasteiger partial charge is 0.279 e. The minimum atomic E-state index is -0.492. The van der Waals surface area contributed by atoms with Gasteiger partial charge in [0.15, 0.2) is 17.2 Å². The lowest BCUT2D eigenvalue weighted by atomic mass is 10.2. The van der Waals surface area contributed by atoms with Gasteiger partial charge in [0.1, 0.15) is 5.82 Å². The van der Waals surface area contributed by atoms with Crippen molar-refractivity contribution in [2.24, 2.45) is 0 Å². The van der Waals surface area contributed by atoms with Gasteiger partial charge in [-0.05, 0) is 30.3 Å². The summed E-state index contributed by atoms with van der Waals surface area (Å²) in [4.78, 5) is 24.4. The van der Waals surface area contributed by atoms with Crippen LogP contribution in [0.1, 0.15) is 10.5 Å². The highest BCUT2D eigenvalue weighted by molar-refractivity contribution is 6.05. The monoisotopic (exact) mass is 378 g/mol. The van der Waals surface area contributed by atoms with Gasteiger partial charge < -0.3 is 19.8 Å². The molecular formula is C20H15FN4O3. The molecule has 8 heteroatoms. The molecule has 4 aromatic rings. The van der Waals surface area contributed by atoms with E-state index in [-0.39, 0.29) is 23.1 Å². The number of halogens is 1. The number of para-hydroxylation sites is 2. The number of H-pyrrole nitrogens is 1. The maximum Gasteiger partial charge on any atom is 0.279 e. The number of nitrogens with zero attached hydrogens (tertiary/aromatic N) is 2. The van der Waals surface area contributed by atoms with Crippen LogP contribution in [0.15, 0.2) is 60.9 Å². The fraction of sp³-hybridized carbons (Fsp3) is 0.0500. The van der Waals surface area contributed by atoms with Gasteiger partial charge in [-0.1, -0.05) is 12.1 Å². The van der Waals surface area contributed by atoms with E-state index in [1.54, 1.807) is 42.7 Å². The SMILES string of the molecule is COc1cc(F)ccc1Oc1nc2ccccc2nc1C(=O)Nc1cc[nH]c1. The molecule has 2 aromatic carbocycles. The normalized spacial score (nSPS) is 10.6. The van der Waals surface area contributed by atoms with Crippen molar-refractivity contribution in [1.82, 2.24) is 15.0 Å². The third-order valence-corrected chi connectivity index (χ3v) is 3.94. The summed E-state index contributed by atoms with van der Waals surface area (Å²) in [6.45, 7) is 0. The van der Waals surface area contributed by atoms with Crippen LogP contribution >= 0.6 is 0 Å². The Morgan fingerprint density at radius 1 is 1.07 bits per heavy atom. The van der Waals surface area contributed by atoms with E-state index in [0.717, 1.165) is 0 Å². The van der Waals surface area contributed by atoms with E-state index in [1.807, 2.05) is 0 Å². The molecule has 0 saturated carbocycles. The van der Waals surface area contributed by atoms with Crippen molar-refractivity contribution in [2.75, 3.05) is 12.4 Å². The van der Waals surface area contributed by atoms with Crippen molar-refractivity contribution in [3.8, 4) is 17.4 Å². The zero-order chi connectivity index (χ0) is 19.5. The molecule has 0 unspecified atom stereocenters. The maximum absolute atomic E-state index is 13.5. The van der Waals surface area contributed by atoms with E-state index in [4.69, 9.17) is 9.47 Å². The summed E-state index contributed by atoms with van der Waals surface area (Å²) in [5.74, 6) is -0.596. The Kier molecular flexibility index (Phi) is 4.59. The average Bonchev–Trinajstić information content (AvgIpc) is 3.21. The van der Waals surface area contributed by atoms with Crippen molar-refractivity contribution in [3.63, 3.8) is 0 Å². The summed E-state index contributed by atoms with van der Waals surface area (Å²) in [6.07, 6.45) is 3.32. The number of hydrogen-bond donors (Lipinski definition) is 2. The summed E-state index contributed by atoms with van der Waals surface area (Å²) in [5.41, 5.74) is 1.66. The third kappa shape index (κ3) is 3.48. The van der Waals surface area contributed by atoms with Crippen LogP contribution in [0.3, 0.4) is 0 Å². The Hall–Kier alpha value is -3.94. The molecule has 0 spiro atoms. The number of ether oxygens (including phenoxy) is 2. The Morgan fingerprint density at radius 3 is 2.57 bits per heavy atom. The van der Waals surface area contributed by atoms with Gasteiger partial charge in [0.25, 0.3) is 11.8 Å². The molecule has 2 N–H and O–H groups in total. The Labute approximate surface area is 159 Å². The van der Waals surface area contributed by atoms with E-state index < -0.39 is 11.7 Å². The Morgan fingerprint density at radius 2 is 1.86 bits per heavy atom. The van der Waals surface area contributed by atoms with Gasteiger partial charge in [0.2, 0.25) is 0 Å². The second kappa shape index (κ2) is 7.36. The van der Waals surface area contributed by atoms with Crippen molar-refractivity contribution in [3.05, 3.63) is 72.4 Å². The van der Waals surface area contributed by atoms with Crippen molar-refractivity contribution < 1.29 is 18.7 Å². The number of aromatic nitrogens is 3. The molecule has 0 aliphatic heterocycles. The van der Waals surface area contributed by atoms with E-state index in [9.17, 15) is 9.18 Å². The molecule has 1 amide bonds. The largest absolute Gasteiger partial charge is 0.493 e. The van der Waals surface area contributed by atoms with Crippen LogP contribution in [0, 0.1) is 5.82 Å². The molecule has 4 rings (SSSR count). The fourth-order valence-corrected chi connectivity index (χ4v) is 2.62.